The molecule has 1 aromatic heterocycles. The zero-order valence-electron chi connectivity index (χ0n) is 24.1. The highest BCUT2D eigenvalue weighted by atomic mass is 15.1. The molecule has 2 fully saturated rings. The van der Waals surface area contributed by atoms with Gasteiger partial charge >= 0.3 is 0 Å². The van der Waals surface area contributed by atoms with Gasteiger partial charge in [-0.2, -0.15) is 10.2 Å². The van der Waals surface area contributed by atoms with Crippen LogP contribution in [0.3, 0.4) is 0 Å². The number of benzene rings is 1. The van der Waals surface area contributed by atoms with Crippen molar-refractivity contribution in [3.8, 4) is 11.3 Å². The van der Waals surface area contributed by atoms with E-state index in [1.54, 1.807) is 0 Å². The molecule has 204 valence electrons. The molecule has 0 unspecified atom stereocenters. The van der Waals surface area contributed by atoms with Gasteiger partial charge in [0.05, 0.1) is 11.4 Å². The van der Waals surface area contributed by atoms with Crippen LogP contribution in [0.2, 0.25) is 0 Å². The van der Waals surface area contributed by atoms with E-state index in [2.05, 4.69) is 55.3 Å². The second kappa shape index (κ2) is 15.6. The number of aromatic nitrogens is 2. The SMILES string of the molecule is CCCCCCCC[C@H]1CC[C@H](c2ccc(-c3ccc([C@H]4CC[C@H](CCCCC)CC4)nn3)cc2)CC1. The quantitative estimate of drug-likeness (QED) is 0.240. The molecule has 37 heavy (non-hydrogen) atoms. The number of hydrogen-bond donors (Lipinski definition) is 0. The molecular weight excluding hydrogens is 448 g/mol. The summed E-state index contributed by atoms with van der Waals surface area (Å²) in [4.78, 5) is 0. The van der Waals surface area contributed by atoms with Crippen molar-refractivity contribution in [1.82, 2.24) is 10.2 Å². The predicted octanol–water partition coefficient (Wildman–Crippen LogP) is 11.0. The van der Waals surface area contributed by atoms with Crippen molar-refractivity contribution >= 4 is 0 Å². The maximum atomic E-state index is 4.69. The maximum absolute atomic E-state index is 4.69. The average molecular weight is 503 g/mol. The van der Waals surface area contributed by atoms with Crippen LogP contribution >= 0.6 is 0 Å². The van der Waals surface area contributed by atoms with Crippen LogP contribution in [0.5, 0.6) is 0 Å². The molecule has 2 aliphatic rings. The summed E-state index contributed by atoms with van der Waals surface area (Å²) in [6.07, 6.45) is 26.5. The van der Waals surface area contributed by atoms with Gasteiger partial charge in [0.2, 0.25) is 0 Å². The number of nitrogens with zero attached hydrogens (tertiary/aromatic N) is 2. The molecule has 0 N–H and O–H groups in total. The van der Waals surface area contributed by atoms with Crippen LogP contribution in [0.4, 0.5) is 0 Å². The van der Waals surface area contributed by atoms with E-state index in [4.69, 9.17) is 5.10 Å². The third kappa shape index (κ3) is 8.93. The van der Waals surface area contributed by atoms with Crippen LogP contribution in [-0.2, 0) is 0 Å². The van der Waals surface area contributed by atoms with Crippen LogP contribution in [0.25, 0.3) is 11.3 Å². The normalized spacial score (nSPS) is 24.3. The molecule has 0 amide bonds. The summed E-state index contributed by atoms with van der Waals surface area (Å²) in [7, 11) is 0. The van der Waals surface area contributed by atoms with Crippen molar-refractivity contribution < 1.29 is 0 Å². The van der Waals surface area contributed by atoms with Gasteiger partial charge in [-0.3, -0.25) is 0 Å². The molecule has 2 aromatic rings. The monoisotopic (exact) mass is 502 g/mol. The molecule has 2 aliphatic carbocycles. The summed E-state index contributed by atoms with van der Waals surface area (Å²) in [5, 5.41) is 9.35. The molecule has 0 spiro atoms. The molecule has 1 heterocycles. The van der Waals surface area contributed by atoms with E-state index in [9.17, 15) is 0 Å². The zero-order valence-corrected chi connectivity index (χ0v) is 24.1. The molecular formula is C35H54N2. The van der Waals surface area contributed by atoms with Crippen LogP contribution in [0.15, 0.2) is 36.4 Å². The maximum Gasteiger partial charge on any atom is 0.0929 e. The second-order valence-corrected chi connectivity index (χ2v) is 12.5. The molecule has 2 heteroatoms. The van der Waals surface area contributed by atoms with Gasteiger partial charge in [-0.25, -0.2) is 0 Å². The molecule has 0 aliphatic heterocycles. The van der Waals surface area contributed by atoms with Crippen LogP contribution in [0, 0.1) is 11.8 Å². The van der Waals surface area contributed by atoms with Crippen molar-refractivity contribution in [3.05, 3.63) is 47.7 Å². The van der Waals surface area contributed by atoms with Crippen molar-refractivity contribution in [2.45, 2.75) is 148 Å². The van der Waals surface area contributed by atoms with Gasteiger partial charge < -0.3 is 0 Å². The van der Waals surface area contributed by atoms with E-state index in [1.165, 1.54) is 139 Å². The third-order valence-electron chi connectivity index (χ3n) is 9.66. The Morgan fingerprint density at radius 1 is 0.541 bits per heavy atom. The summed E-state index contributed by atoms with van der Waals surface area (Å²) in [6, 6.07) is 13.8. The van der Waals surface area contributed by atoms with Gasteiger partial charge in [0, 0.05) is 11.5 Å². The summed E-state index contributed by atoms with van der Waals surface area (Å²) < 4.78 is 0. The first kappa shape index (κ1) is 28.3. The highest BCUT2D eigenvalue weighted by Crippen LogP contribution is 2.39. The smallest absolute Gasteiger partial charge is 0.0929 e. The van der Waals surface area contributed by atoms with Gasteiger partial charge in [-0.05, 0) is 86.8 Å². The number of hydrogen-bond acceptors (Lipinski definition) is 2. The molecule has 0 saturated heterocycles. The van der Waals surface area contributed by atoms with Gasteiger partial charge in [0.25, 0.3) is 0 Å². The molecule has 0 bridgehead atoms. The van der Waals surface area contributed by atoms with E-state index >= 15 is 0 Å². The fraction of sp³-hybridized carbons (Fsp3) is 0.714. The first-order valence-corrected chi connectivity index (χ1v) is 16.2. The molecule has 0 radical (unpaired) electrons. The Kier molecular flexibility index (Phi) is 12.0. The van der Waals surface area contributed by atoms with Crippen molar-refractivity contribution in [3.63, 3.8) is 0 Å². The average Bonchev–Trinajstić information content (AvgIpc) is 2.96. The van der Waals surface area contributed by atoms with E-state index in [0.717, 1.165) is 23.4 Å². The van der Waals surface area contributed by atoms with Crippen LogP contribution in [-0.4, -0.2) is 10.2 Å². The van der Waals surface area contributed by atoms with E-state index in [0.29, 0.717) is 5.92 Å². The Morgan fingerprint density at radius 3 is 1.68 bits per heavy atom. The highest BCUT2D eigenvalue weighted by Gasteiger charge is 2.24. The standard InChI is InChI=1S/C35H54N2/c1-3-5-7-8-9-11-13-29-14-18-30(19-15-29)31-22-24-33(25-23-31)35-27-26-34(36-37-35)32-20-16-28(17-21-32)12-10-6-4-2/h22-30,32H,3-21H2,1-2H3/t28-,29-,30-,32-. The fourth-order valence-electron chi connectivity index (χ4n) is 7.07. The van der Waals surface area contributed by atoms with E-state index in [1.807, 2.05) is 0 Å². The number of unbranched alkanes of at least 4 members (excludes halogenated alkanes) is 7. The lowest BCUT2D eigenvalue weighted by molar-refractivity contribution is 0.299. The summed E-state index contributed by atoms with van der Waals surface area (Å²) in [5.74, 6) is 3.29. The van der Waals surface area contributed by atoms with Gasteiger partial charge in [-0.15, -0.1) is 0 Å². The van der Waals surface area contributed by atoms with E-state index in [-0.39, 0.29) is 0 Å². The van der Waals surface area contributed by atoms with Gasteiger partial charge in [0.1, 0.15) is 0 Å². The van der Waals surface area contributed by atoms with Crippen molar-refractivity contribution in [2.75, 3.05) is 0 Å². The lowest BCUT2D eigenvalue weighted by Crippen LogP contribution is -2.14. The van der Waals surface area contributed by atoms with Gasteiger partial charge in [0.15, 0.2) is 0 Å². The summed E-state index contributed by atoms with van der Waals surface area (Å²) >= 11 is 0. The number of rotatable bonds is 14. The third-order valence-corrected chi connectivity index (χ3v) is 9.66. The first-order valence-electron chi connectivity index (χ1n) is 16.2. The van der Waals surface area contributed by atoms with E-state index < -0.39 is 0 Å². The first-order chi connectivity index (χ1) is 18.3. The Balaban J connectivity index is 1.19. The lowest BCUT2D eigenvalue weighted by atomic mass is 9.77. The molecule has 0 atom stereocenters. The highest BCUT2D eigenvalue weighted by molar-refractivity contribution is 5.59. The van der Waals surface area contributed by atoms with Crippen molar-refractivity contribution in [1.29, 1.82) is 0 Å². The summed E-state index contributed by atoms with van der Waals surface area (Å²) in [6.45, 7) is 4.61. The fourth-order valence-corrected chi connectivity index (χ4v) is 7.07. The predicted molar refractivity (Wildman–Crippen MR) is 159 cm³/mol. The Labute approximate surface area is 228 Å². The minimum absolute atomic E-state index is 0.613. The van der Waals surface area contributed by atoms with Crippen molar-refractivity contribution in [2.24, 2.45) is 11.8 Å². The van der Waals surface area contributed by atoms with Crippen LogP contribution < -0.4 is 0 Å². The van der Waals surface area contributed by atoms with Gasteiger partial charge in [-0.1, -0.05) is 109 Å². The molecule has 1 aromatic carbocycles. The largest absolute Gasteiger partial charge is 0.155 e. The second-order valence-electron chi connectivity index (χ2n) is 12.5. The zero-order chi connectivity index (χ0) is 25.7. The molecule has 2 nitrogen and oxygen atoms in total. The minimum Gasteiger partial charge on any atom is -0.155 e. The summed E-state index contributed by atoms with van der Waals surface area (Å²) in [5.41, 5.74) is 4.97. The Bertz CT molecular complexity index is 855. The molecule has 4 rings (SSSR count). The Morgan fingerprint density at radius 2 is 1.08 bits per heavy atom. The Hall–Kier alpha value is -1.70. The lowest BCUT2D eigenvalue weighted by Gasteiger charge is -2.29. The minimum atomic E-state index is 0.613. The van der Waals surface area contributed by atoms with Crippen LogP contribution in [0.1, 0.15) is 159 Å². The topological polar surface area (TPSA) is 25.8 Å². The molecule has 2 saturated carbocycles.